The van der Waals surface area contributed by atoms with E-state index >= 15 is 0 Å². The van der Waals surface area contributed by atoms with Gasteiger partial charge >= 0.3 is 12.2 Å². The van der Waals surface area contributed by atoms with Crippen LogP contribution in [0.3, 0.4) is 0 Å². The molecule has 0 bridgehead atoms. The summed E-state index contributed by atoms with van der Waals surface area (Å²) in [6, 6.07) is 16.4. The van der Waals surface area contributed by atoms with Gasteiger partial charge in [-0.25, -0.2) is 13.2 Å². The van der Waals surface area contributed by atoms with Crippen molar-refractivity contribution in [1.82, 2.24) is 14.9 Å². The standard InChI is InChI=1S/C24H20F3N3O5S/c25-24(26,27)17-6-8-18(9-7-17)35-19-10-12-20(13-11-19)36(33,34)30(14-16-4-2-1-3-5-16)15-21-22(31)29-23(32)28-21/h1-13,21H,14-15H2,(H2,28,29,31,32). The molecule has 1 unspecified atom stereocenters. The van der Waals surface area contributed by atoms with Gasteiger partial charge < -0.3 is 10.1 Å². The zero-order chi connectivity index (χ0) is 25.9. The second-order valence-corrected chi connectivity index (χ2v) is 9.83. The lowest BCUT2D eigenvalue weighted by Crippen LogP contribution is -2.44. The number of hydrogen-bond donors (Lipinski definition) is 2. The van der Waals surface area contributed by atoms with Crippen molar-refractivity contribution in [3.63, 3.8) is 0 Å². The number of halogens is 3. The normalized spacial score (nSPS) is 16.1. The molecule has 4 rings (SSSR count). The molecule has 1 aliphatic heterocycles. The second kappa shape index (κ2) is 9.99. The number of ether oxygens (including phenoxy) is 1. The van der Waals surface area contributed by atoms with E-state index in [1.165, 1.54) is 24.3 Å². The molecule has 1 atom stereocenters. The molecule has 0 aromatic heterocycles. The van der Waals surface area contributed by atoms with Crippen LogP contribution in [-0.2, 0) is 27.5 Å². The number of hydrogen-bond acceptors (Lipinski definition) is 5. The summed E-state index contributed by atoms with van der Waals surface area (Å²) in [6.07, 6.45) is -4.47. The number of urea groups is 1. The van der Waals surface area contributed by atoms with E-state index in [9.17, 15) is 31.2 Å². The second-order valence-electron chi connectivity index (χ2n) is 7.89. The lowest BCUT2D eigenvalue weighted by molar-refractivity contribution is -0.137. The molecule has 8 nitrogen and oxygen atoms in total. The monoisotopic (exact) mass is 519 g/mol. The number of imide groups is 1. The van der Waals surface area contributed by atoms with Gasteiger partial charge in [0.1, 0.15) is 17.5 Å². The fraction of sp³-hybridized carbons (Fsp3) is 0.167. The Labute approximate surface area is 204 Å². The van der Waals surface area contributed by atoms with Crippen molar-refractivity contribution in [1.29, 1.82) is 0 Å². The lowest BCUT2D eigenvalue weighted by Gasteiger charge is -2.24. The smallest absolute Gasteiger partial charge is 0.416 e. The number of carbonyl (C=O) groups excluding carboxylic acids is 2. The Kier molecular flexibility index (Phi) is 7.00. The Morgan fingerprint density at radius 3 is 1.97 bits per heavy atom. The molecule has 3 aromatic carbocycles. The number of nitrogens with zero attached hydrogens (tertiary/aromatic N) is 1. The topological polar surface area (TPSA) is 105 Å². The van der Waals surface area contributed by atoms with Gasteiger partial charge in [0.2, 0.25) is 10.0 Å². The molecule has 36 heavy (non-hydrogen) atoms. The molecule has 1 aliphatic rings. The minimum Gasteiger partial charge on any atom is -0.457 e. The van der Waals surface area contributed by atoms with Gasteiger partial charge in [-0.3, -0.25) is 10.1 Å². The van der Waals surface area contributed by atoms with Gasteiger partial charge in [-0.2, -0.15) is 17.5 Å². The maximum absolute atomic E-state index is 13.4. The molecule has 3 amide bonds. The predicted molar refractivity (Wildman–Crippen MR) is 122 cm³/mol. The summed E-state index contributed by atoms with van der Waals surface area (Å²) < 4.78 is 71.7. The maximum Gasteiger partial charge on any atom is 0.416 e. The summed E-state index contributed by atoms with van der Waals surface area (Å²) in [4.78, 5) is 23.4. The molecule has 0 radical (unpaired) electrons. The summed E-state index contributed by atoms with van der Waals surface area (Å²) in [6.45, 7) is -0.342. The van der Waals surface area contributed by atoms with Crippen LogP contribution in [0.2, 0.25) is 0 Å². The molecule has 1 heterocycles. The maximum atomic E-state index is 13.4. The SMILES string of the molecule is O=C1NC(=O)C(CN(Cc2ccccc2)S(=O)(=O)c2ccc(Oc3ccc(C(F)(F)F)cc3)cc2)N1. The molecule has 0 saturated carbocycles. The van der Waals surface area contributed by atoms with E-state index in [0.717, 1.165) is 28.6 Å². The van der Waals surface area contributed by atoms with Crippen molar-refractivity contribution >= 4 is 22.0 Å². The summed E-state index contributed by atoms with van der Waals surface area (Å²) >= 11 is 0. The number of rotatable bonds is 8. The summed E-state index contributed by atoms with van der Waals surface area (Å²) in [5, 5.41) is 4.48. The van der Waals surface area contributed by atoms with Crippen molar-refractivity contribution in [3.8, 4) is 11.5 Å². The molecule has 3 aromatic rings. The van der Waals surface area contributed by atoms with Gasteiger partial charge in [0.25, 0.3) is 5.91 Å². The number of nitrogens with one attached hydrogen (secondary N) is 2. The van der Waals surface area contributed by atoms with Gasteiger partial charge in [-0.15, -0.1) is 0 Å². The van der Waals surface area contributed by atoms with Crippen LogP contribution in [0, 0.1) is 0 Å². The Balaban J connectivity index is 1.54. The summed E-state index contributed by atoms with van der Waals surface area (Å²) in [5.41, 5.74) is -0.144. The Morgan fingerprint density at radius 2 is 1.44 bits per heavy atom. The van der Waals surface area contributed by atoms with Crippen LogP contribution < -0.4 is 15.4 Å². The molecule has 0 spiro atoms. The number of benzene rings is 3. The quantitative estimate of drug-likeness (QED) is 0.440. The van der Waals surface area contributed by atoms with Crippen molar-refractivity contribution in [2.45, 2.75) is 23.7 Å². The number of carbonyl (C=O) groups is 2. The summed E-state index contributed by atoms with van der Waals surface area (Å²) in [7, 11) is -4.12. The van der Waals surface area contributed by atoms with Crippen LogP contribution in [0.15, 0.2) is 83.8 Å². The van der Waals surface area contributed by atoms with Gasteiger partial charge in [0, 0.05) is 13.1 Å². The van der Waals surface area contributed by atoms with E-state index < -0.39 is 39.7 Å². The highest BCUT2D eigenvalue weighted by atomic mass is 32.2. The van der Waals surface area contributed by atoms with Gasteiger partial charge in [0.15, 0.2) is 0 Å². The van der Waals surface area contributed by atoms with Crippen LogP contribution in [0.1, 0.15) is 11.1 Å². The highest BCUT2D eigenvalue weighted by molar-refractivity contribution is 7.89. The van der Waals surface area contributed by atoms with E-state index in [-0.39, 0.29) is 29.5 Å². The molecular formula is C24H20F3N3O5S. The Hall–Kier alpha value is -3.90. The minimum absolute atomic E-state index is 0.0490. The van der Waals surface area contributed by atoms with E-state index in [0.29, 0.717) is 5.56 Å². The molecule has 1 saturated heterocycles. The third-order valence-corrected chi connectivity index (χ3v) is 7.15. The van der Waals surface area contributed by atoms with Crippen LogP contribution in [-0.4, -0.2) is 37.2 Å². The highest BCUT2D eigenvalue weighted by Crippen LogP contribution is 2.32. The van der Waals surface area contributed by atoms with Crippen molar-refractivity contribution < 1.29 is 35.9 Å². The average Bonchev–Trinajstić information content (AvgIpc) is 3.16. The number of amides is 3. The minimum atomic E-state index is -4.47. The largest absolute Gasteiger partial charge is 0.457 e. The van der Waals surface area contributed by atoms with E-state index in [1.54, 1.807) is 30.3 Å². The third-order valence-electron chi connectivity index (χ3n) is 5.33. The summed E-state index contributed by atoms with van der Waals surface area (Å²) in [5.74, 6) is -0.272. The average molecular weight is 520 g/mol. The first-order chi connectivity index (χ1) is 17.0. The predicted octanol–water partition coefficient (Wildman–Crippen LogP) is 3.90. The number of sulfonamides is 1. The van der Waals surface area contributed by atoms with Crippen LogP contribution >= 0.6 is 0 Å². The molecular weight excluding hydrogens is 499 g/mol. The van der Waals surface area contributed by atoms with E-state index in [2.05, 4.69) is 10.6 Å². The van der Waals surface area contributed by atoms with Gasteiger partial charge in [-0.05, 0) is 54.1 Å². The van der Waals surface area contributed by atoms with Gasteiger partial charge in [0.05, 0.1) is 10.5 Å². The Bertz CT molecular complexity index is 1350. The van der Waals surface area contributed by atoms with Crippen molar-refractivity contribution in [3.05, 3.63) is 90.0 Å². The first-order valence-electron chi connectivity index (χ1n) is 10.6. The molecule has 0 aliphatic carbocycles. The third kappa shape index (κ3) is 5.83. The van der Waals surface area contributed by atoms with Crippen molar-refractivity contribution in [2.75, 3.05) is 6.54 Å². The first-order valence-corrected chi connectivity index (χ1v) is 12.1. The molecule has 1 fully saturated rings. The van der Waals surface area contributed by atoms with Crippen LogP contribution in [0.5, 0.6) is 11.5 Å². The van der Waals surface area contributed by atoms with E-state index in [4.69, 9.17) is 4.74 Å². The number of alkyl halides is 3. The zero-order valence-electron chi connectivity index (χ0n) is 18.5. The van der Waals surface area contributed by atoms with Crippen LogP contribution in [0.4, 0.5) is 18.0 Å². The van der Waals surface area contributed by atoms with E-state index in [1.807, 2.05) is 0 Å². The van der Waals surface area contributed by atoms with Crippen molar-refractivity contribution in [2.24, 2.45) is 0 Å². The molecule has 12 heteroatoms. The van der Waals surface area contributed by atoms with Gasteiger partial charge in [-0.1, -0.05) is 30.3 Å². The zero-order valence-corrected chi connectivity index (χ0v) is 19.3. The first kappa shape index (κ1) is 25.2. The fourth-order valence-corrected chi connectivity index (χ4v) is 4.95. The molecule has 188 valence electrons. The fourth-order valence-electron chi connectivity index (χ4n) is 3.50. The lowest BCUT2D eigenvalue weighted by atomic mass is 10.2. The molecule has 2 N–H and O–H groups in total. The van der Waals surface area contributed by atoms with Crippen LogP contribution in [0.25, 0.3) is 0 Å². The highest BCUT2D eigenvalue weighted by Gasteiger charge is 2.35. The Morgan fingerprint density at radius 1 is 0.861 bits per heavy atom.